The van der Waals surface area contributed by atoms with E-state index in [0.717, 1.165) is 11.1 Å². The molecule has 2 N–H and O–H groups in total. The first-order chi connectivity index (χ1) is 11.6. The number of hydrogen-bond donors (Lipinski definition) is 1. The highest BCUT2D eigenvalue weighted by Gasteiger charge is 2.31. The second-order valence-corrected chi connectivity index (χ2v) is 9.56. The summed E-state index contributed by atoms with van der Waals surface area (Å²) < 4.78 is 31.5. The van der Waals surface area contributed by atoms with E-state index in [-0.39, 0.29) is 4.90 Å². The number of pyridine rings is 1. The Morgan fingerprint density at radius 1 is 1.16 bits per heavy atom. The maximum atomic E-state index is 12.8. The quantitative estimate of drug-likeness (QED) is 0.726. The van der Waals surface area contributed by atoms with Crippen LogP contribution in [0.2, 0.25) is 0 Å². The summed E-state index contributed by atoms with van der Waals surface area (Å²) in [7, 11) is -1.88. The number of ether oxygens (including phenoxy) is 1. The number of fused-ring (bicyclic) bond motifs is 1. The van der Waals surface area contributed by atoms with E-state index in [1.54, 1.807) is 63.0 Å². The molecule has 0 aliphatic rings. The molecule has 0 saturated carbocycles. The Balaban J connectivity index is 2.23. The Morgan fingerprint density at radius 3 is 2.52 bits per heavy atom. The number of nitrogen functional groups attached to an aromatic ring is 1. The van der Waals surface area contributed by atoms with Crippen LogP contribution in [0.1, 0.15) is 20.8 Å². The minimum atomic E-state index is -3.46. The van der Waals surface area contributed by atoms with Crippen LogP contribution in [-0.2, 0) is 9.84 Å². The van der Waals surface area contributed by atoms with Crippen molar-refractivity contribution >= 4 is 21.0 Å². The molecule has 0 aliphatic carbocycles. The molecule has 0 fully saturated rings. The Hall–Kier alpha value is -2.54. The Labute approximate surface area is 147 Å². The summed E-state index contributed by atoms with van der Waals surface area (Å²) in [6, 6.07) is 8.61. The summed E-state index contributed by atoms with van der Waals surface area (Å²) in [5.74, 6) is 0.632. The van der Waals surface area contributed by atoms with Crippen molar-refractivity contribution in [3.05, 3.63) is 42.7 Å². The van der Waals surface area contributed by atoms with Gasteiger partial charge < -0.3 is 10.5 Å². The van der Waals surface area contributed by atoms with Crippen molar-refractivity contribution in [3.63, 3.8) is 0 Å². The first-order valence-corrected chi connectivity index (χ1v) is 9.29. The van der Waals surface area contributed by atoms with Gasteiger partial charge in [0.05, 0.1) is 28.5 Å². The zero-order valence-electron chi connectivity index (χ0n) is 14.6. The summed E-state index contributed by atoms with van der Waals surface area (Å²) in [6.07, 6.45) is 3.35. The number of hydrogen-bond acceptors (Lipinski definition) is 5. The Bertz CT molecular complexity index is 1050. The minimum absolute atomic E-state index is 0.269. The number of methoxy groups -OCH3 is 1. The van der Waals surface area contributed by atoms with Gasteiger partial charge in [0.25, 0.3) is 0 Å². The molecule has 3 rings (SSSR count). The lowest BCUT2D eigenvalue weighted by atomic mass is 10.1. The molecule has 25 heavy (non-hydrogen) atoms. The Morgan fingerprint density at radius 2 is 1.88 bits per heavy atom. The average Bonchev–Trinajstić information content (AvgIpc) is 2.96. The van der Waals surface area contributed by atoms with E-state index in [0.29, 0.717) is 17.0 Å². The average molecular weight is 359 g/mol. The third-order valence-electron chi connectivity index (χ3n) is 4.09. The van der Waals surface area contributed by atoms with Gasteiger partial charge in [0.1, 0.15) is 5.75 Å². The van der Waals surface area contributed by atoms with Crippen LogP contribution in [-0.4, -0.2) is 29.9 Å². The van der Waals surface area contributed by atoms with Gasteiger partial charge in [0, 0.05) is 23.5 Å². The maximum Gasteiger partial charge on any atom is 0.183 e. The second kappa shape index (κ2) is 5.77. The van der Waals surface area contributed by atoms with E-state index in [4.69, 9.17) is 10.5 Å². The van der Waals surface area contributed by atoms with Crippen LogP contribution in [0.3, 0.4) is 0 Å². The molecular weight excluding hydrogens is 338 g/mol. The van der Waals surface area contributed by atoms with E-state index in [1.165, 1.54) is 0 Å². The first kappa shape index (κ1) is 17.3. The zero-order valence-corrected chi connectivity index (χ0v) is 15.5. The smallest absolute Gasteiger partial charge is 0.183 e. The minimum Gasteiger partial charge on any atom is -0.497 e. The van der Waals surface area contributed by atoms with Gasteiger partial charge in [0.2, 0.25) is 0 Å². The molecule has 2 heterocycles. The summed E-state index contributed by atoms with van der Waals surface area (Å²) in [6.45, 7) is 5.06. The number of rotatable bonds is 3. The molecule has 0 spiro atoms. The fourth-order valence-electron chi connectivity index (χ4n) is 2.60. The summed E-state index contributed by atoms with van der Waals surface area (Å²) in [5, 5.41) is 4.31. The van der Waals surface area contributed by atoms with Crippen LogP contribution in [0.5, 0.6) is 5.75 Å². The van der Waals surface area contributed by atoms with Gasteiger partial charge in [0.15, 0.2) is 9.84 Å². The molecule has 7 heteroatoms. The van der Waals surface area contributed by atoms with Gasteiger partial charge >= 0.3 is 0 Å². The van der Waals surface area contributed by atoms with Crippen LogP contribution in [0, 0.1) is 0 Å². The fourth-order valence-corrected chi connectivity index (χ4v) is 3.81. The van der Waals surface area contributed by atoms with Crippen molar-refractivity contribution in [2.45, 2.75) is 30.4 Å². The highest BCUT2D eigenvalue weighted by molar-refractivity contribution is 7.92. The van der Waals surface area contributed by atoms with Crippen LogP contribution in [0.4, 0.5) is 5.69 Å². The van der Waals surface area contributed by atoms with Gasteiger partial charge in [-0.05, 0) is 50.6 Å². The van der Waals surface area contributed by atoms with Crippen molar-refractivity contribution in [2.75, 3.05) is 12.8 Å². The SMILES string of the molecule is COc1cc(N)cc(-c2cnn3ccc(S(=O)(=O)C(C)(C)C)cc23)c1. The lowest BCUT2D eigenvalue weighted by molar-refractivity contribution is 0.415. The lowest BCUT2D eigenvalue weighted by Crippen LogP contribution is -2.27. The lowest BCUT2D eigenvalue weighted by Gasteiger charge is -2.19. The number of sulfone groups is 1. The number of benzene rings is 1. The van der Waals surface area contributed by atoms with Crippen molar-refractivity contribution < 1.29 is 13.2 Å². The second-order valence-electron chi connectivity index (χ2n) is 6.86. The van der Waals surface area contributed by atoms with E-state index in [2.05, 4.69) is 5.10 Å². The van der Waals surface area contributed by atoms with Crippen LogP contribution in [0.15, 0.2) is 47.6 Å². The van der Waals surface area contributed by atoms with E-state index in [9.17, 15) is 8.42 Å². The molecule has 2 aromatic heterocycles. The molecule has 132 valence electrons. The summed E-state index contributed by atoms with van der Waals surface area (Å²) in [5.41, 5.74) is 8.80. The summed E-state index contributed by atoms with van der Waals surface area (Å²) in [4.78, 5) is 0.269. The van der Waals surface area contributed by atoms with Gasteiger partial charge in [-0.2, -0.15) is 5.10 Å². The molecule has 0 amide bonds. The predicted molar refractivity (Wildman–Crippen MR) is 98.5 cm³/mol. The fraction of sp³-hybridized carbons (Fsp3) is 0.278. The van der Waals surface area contributed by atoms with Gasteiger partial charge in [-0.1, -0.05) is 0 Å². The first-order valence-electron chi connectivity index (χ1n) is 7.80. The maximum absolute atomic E-state index is 12.8. The molecule has 0 radical (unpaired) electrons. The molecule has 3 aromatic rings. The highest BCUT2D eigenvalue weighted by Crippen LogP contribution is 2.32. The largest absolute Gasteiger partial charge is 0.497 e. The Kier molecular flexibility index (Phi) is 3.99. The standard InChI is InChI=1S/C18H21N3O3S/c1-18(2,3)25(22,23)15-5-6-21-17(10-15)16(11-20-21)12-7-13(19)9-14(8-12)24-4/h5-11H,19H2,1-4H3. The number of nitrogens with two attached hydrogens (primary N) is 1. The van der Waals surface area contributed by atoms with Crippen molar-refractivity contribution in [3.8, 4) is 16.9 Å². The molecule has 1 aromatic carbocycles. The number of anilines is 1. The summed E-state index contributed by atoms with van der Waals surface area (Å²) >= 11 is 0. The molecule has 0 saturated heterocycles. The predicted octanol–water partition coefficient (Wildman–Crippen LogP) is 3.16. The van der Waals surface area contributed by atoms with Crippen molar-refractivity contribution in [2.24, 2.45) is 0 Å². The normalized spacial score (nSPS) is 12.5. The van der Waals surface area contributed by atoms with Crippen LogP contribution in [0.25, 0.3) is 16.6 Å². The van der Waals surface area contributed by atoms with E-state index < -0.39 is 14.6 Å². The monoisotopic (exact) mass is 359 g/mol. The topological polar surface area (TPSA) is 86.7 Å². The van der Waals surface area contributed by atoms with E-state index >= 15 is 0 Å². The van der Waals surface area contributed by atoms with Crippen LogP contribution >= 0.6 is 0 Å². The molecule has 0 bridgehead atoms. The molecular formula is C18H21N3O3S. The highest BCUT2D eigenvalue weighted by atomic mass is 32.2. The van der Waals surface area contributed by atoms with Crippen molar-refractivity contribution in [1.82, 2.24) is 9.61 Å². The molecule has 0 unspecified atom stereocenters. The molecule has 0 aliphatic heterocycles. The van der Waals surface area contributed by atoms with Crippen LogP contribution < -0.4 is 10.5 Å². The third kappa shape index (κ3) is 2.95. The zero-order chi connectivity index (χ0) is 18.4. The molecule has 6 nitrogen and oxygen atoms in total. The van der Waals surface area contributed by atoms with Gasteiger partial charge in [-0.3, -0.25) is 0 Å². The van der Waals surface area contributed by atoms with Crippen molar-refractivity contribution in [1.29, 1.82) is 0 Å². The third-order valence-corrected chi connectivity index (χ3v) is 6.57. The van der Waals surface area contributed by atoms with Gasteiger partial charge in [-0.25, -0.2) is 12.9 Å². The number of aromatic nitrogens is 2. The number of nitrogens with zero attached hydrogens (tertiary/aromatic N) is 2. The van der Waals surface area contributed by atoms with E-state index in [1.807, 2.05) is 12.1 Å². The van der Waals surface area contributed by atoms with Gasteiger partial charge in [-0.15, -0.1) is 0 Å². The molecule has 0 atom stereocenters.